The Morgan fingerprint density at radius 1 is 1.47 bits per heavy atom. The number of ether oxygens (including phenoxy) is 1. The molecule has 1 aromatic rings. The quantitative estimate of drug-likeness (QED) is 0.809. The van der Waals surface area contributed by atoms with Crippen molar-refractivity contribution in [2.75, 3.05) is 18.5 Å². The number of nitrogens with one attached hydrogen (secondary N) is 1. The number of hydrogen-bond donors (Lipinski definition) is 2. The second kappa shape index (κ2) is 5.31. The van der Waals surface area contributed by atoms with Gasteiger partial charge in [-0.25, -0.2) is 4.98 Å². The van der Waals surface area contributed by atoms with Gasteiger partial charge in [-0.15, -0.1) is 0 Å². The lowest BCUT2D eigenvalue weighted by atomic mass is 9.82. The van der Waals surface area contributed by atoms with Crippen LogP contribution in [0.1, 0.15) is 25.6 Å². The van der Waals surface area contributed by atoms with Crippen LogP contribution in [0.15, 0.2) is 6.07 Å². The maximum absolute atomic E-state index is 9.20. The van der Waals surface area contributed by atoms with Crippen LogP contribution in [0.25, 0.3) is 0 Å². The summed E-state index contributed by atoms with van der Waals surface area (Å²) in [5.41, 5.74) is 0. The minimum absolute atomic E-state index is 0.104. The van der Waals surface area contributed by atoms with Crippen LogP contribution in [0.3, 0.4) is 0 Å². The van der Waals surface area contributed by atoms with E-state index in [2.05, 4.69) is 15.3 Å². The summed E-state index contributed by atoms with van der Waals surface area (Å²) in [6.45, 7) is 5.23. The molecule has 1 fully saturated rings. The van der Waals surface area contributed by atoms with Crippen LogP contribution < -0.4 is 10.1 Å². The first-order valence-corrected chi connectivity index (χ1v) is 6.07. The van der Waals surface area contributed by atoms with Crippen molar-refractivity contribution in [2.24, 2.45) is 5.92 Å². The number of aliphatic hydroxyl groups excluding tert-OH is 1. The van der Waals surface area contributed by atoms with Crippen molar-refractivity contribution in [1.82, 2.24) is 9.97 Å². The third-order valence-corrected chi connectivity index (χ3v) is 2.89. The molecule has 2 N–H and O–H groups in total. The topological polar surface area (TPSA) is 67.3 Å². The van der Waals surface area contributed by atoms with Crippen molar-refractivity contribution in [3.05, 3.63) is 11.9 Å². The summed E-state index contributed by atoms with van der Waals surface area (Å²) in [6.07, 6.45) is 1.66. The molecule has 1 aliphatic carbocycles. The van der Waals surface area contributed by atoms with Crippen LogP contribution in [-0.4, -0.2) is 34.3 Å². The lowest BCUT2D eigenvalue weighted by molar-refractivity contribution is 0.0486. The number of rotatable bonds is 5. The van der Waals surface area contributed by atoms with E-state index in [0.29, 0.717) is 24.2 Å². The highest BCUT2D eigenvalue weighted by molar-refractivity contribution is 5.38. The van der Waals surface area contributed by atoms with Gasteiger partial charge in [0, 0.05) is 12.6 Å². The molecule has 0 unspecified atom stereocenters. The molecule has 0 radical (unpaired) electrons. The lowest BCUT2D eigenvalue weighted by Crippen LogP contribution is -2.33. The molecule has 1 aliphatic rings. The zero-order valence-electron chi connectivity index (χ0n) is 10.3. The van der Waals surface area contributed by atoms with Gasteiger partial charge < -0.3 is 15.2 Å². The Morgan fingerprint density at radius 2 is 2.24 bits per heavy atom. The smallest absolute Gasteiger partial charge is 0.218 e. The predicted octanol–water partition coefficient (Wildman–Crippen LogP) is 1.37. The molecule has 0 aliphatic heterocycles. The maximum Gasteiger partial charge on any atom is 0.218 e. The largest absolute Gasteiger partial charge is 0.478 e. The SMILES string of the molecule is CCOc1cc(NCC2CC(O)C2)nc(C)n1. The summed E-state index contributed by atoms with van der Waals surface area (Å²) in [5.74, 6) is 2.65. The van der Waals surface area contributed by atoms with E-state index in [-0.39, 0.29) is 6.10 Å². The number of nitrogens with zero attached hydrogens (tertiary/aromatic N) is 2. The molecule has 17 heavy (non-hydrogen) atoms. The van der Waals surface area contributed by atoms with Gasteiger partial charge in [0.05, 0.1) is 12.7 Å². The summed E-state index contributed by atoms with van der Waals surface area (Å²) in [6, 6.07) is 1.81. The van der Waals surface area contributed by atoms with E-state index < -0.39 is 0 Å². The number of anilines is 1. The molecule has 1 aromatic heterocycles. The Kier molecular flexibility index (Phi) is 3.78. The highest BCUT2D eigenvalue weighted by Crippen LogP contribution is 2.27. The molecule has 0 bridgehead atoms. The third kappa shape index (κ3) is 3.30. The third-order valence-electron chi connectivity index (χ3n) is 2.89. The van der Waals surface area contributed by atoms with Crippen LogP contribution >= 0.6 is 0 Å². The molecular weight excluding hydrogens is 218 g/mol. The second-order valence-corrected chi connectivity index (χ2v) is 4.44. The standard InChI is InChI=1S/C12H19N3O2/c1-3-17-12-6-11(14-8(2)15-12)13-7-9-4-10(16)5-9/h6,9-10,16H,3-5,7H2,1-2H3,(H,13,14,15). The molecule has 0 atom stereocenters. The molecule has 0 aromatic carbocycles. The molecule has 5 nitrogen and oxygen atoms in total. The van der Waals surface area contributed by atoms with Crippen LogP contribution in [0.5, 0.6) is 5.88 Å². The summed E-state index contributed by atoms with van der Waals surface area (Å²) in [5, 5.41) is 12.5. The second-order valence-electron chi connectivity index (χ2n) is 4.44. The predicted molar refractivity (Wildman–Crippen MR) is 65.2 cm³/mol. The van der Waals surface area contributed by atoms with E-state index in [9.17, 15) is 5.11 Å². The van der Waals surface area contributed by atoms with Gasteiger partial charge in [-0.1, -0.05) is 0 Å². The minimum atomic E-state index is -0.104. The summed E-state index contributed by atoms with van der Waals surface area (Å²) in [4.78, 5) is 8.48. The first kappa shape index (κ1) is 12.1. The Bertz CT molecular complexity index is 378. The molecule has 94 valence electrons. The van der Waals surface area contributed by atoms with E-state index in [1.807, 2.05) is 19.9 Å². The summed E-state index contributed by atoms with van der Waals surface area (Å²) in [7, 11) is 0. The van der Waals surface area contributed by atoms with Crippen LogP contribution in [-0.2, 0) is 0 Å². The lowest BCUT2D eigenvalue weighted by Gasteiger charge is -2.31. The normalized spacial score (nSPS) is 23.0. The summed E-state index contributed by atoms with van der Waals surface area (Å²) < 4.78 is 5.36. The average molecular weight is 237 g/mol. The first-order valence-electron chi connectivity index (χ1n) is 6.07. The zero-order valence-corrected chi connectivity index (χ0v) is 10.3. The van der Waals surface area contributed by atoms with Crippen LogP contribution in [0, 0.1) is 12.8 Å². The molecule has 0 amide bonds. The van der Waals surface area contributed by atoms with Gasteiger partial charge in [0.25, 0.3) is 0 Å². The zero-order chi connectivity index (χ0) is 12.3. The van der Waals surface area contributed by atoms with E-state index in [1.165, 1.54) is 0 Å². The Morgan fingerprint density at radius 3 is 2.88 bits per heavy atom. The van der Waals surface area contributed by atoms with Crippen LogP contribution in [0.4, 0.5) is 5.82 Å². The minimum Gasteiger partial charge on any atom is -0.478 e. The monoisotopic (exact) mass is 237 g/mol. The van der Waals surface area contributed by atoms with E-state index in [1.54, 1.807) is 0 Å². The molecule has 5 heteroatoms. The molecule has 0 spiro atoms. The van der Waals surface area contributed by atoms with E-state index >= 15 is 0 Å². The highest BCUT2D eigenvalue weighted by atomic mass is 16.5. The van der Waals surface area contributed by atoms with Crippen molar-refractivity contribution < 1.29 is 9.84 Å². The number of aliphatic hydroxyl groups is 1. The molecule has 2 rings (SSSR count). The van der Waals surface area contributed by atoms with Crippen molar-refractivity contribution >= 4 is 5.82 Å². The van der Waals surface area contributed by atoms with Gasteiger partial charge in [0.15, 0.2) is 0 Å². The Labute approximate surface area is 101 Å². The highest BCUT2D eigenvalue weighted by Gasteiger charge is 2.26. The van der Waals surface area contributed by atoms with Crippen molar-refractivity contribution in [2.45, 2.75) is 32.8 Å². The van der Waals surface area contributed by atoms with Gasteiger partial charge in [-0.3, -0.25) is 0 Å². The van der Waals surface area contributed by atoms with E-state index in [0.717, 1.165) is 25.2 Å². The Balaban J connectivity index is 1.90. The molecule has 1 heterocycles. The van der Waals surface area contributed by atoms with E-state index in [4.69, 9.17) is 4.74 Å². The van der Waals surface area contributed by atoms with Crippen molar-refractivity contribution in [3.63, 3.8) is 0 Å². The first-order chi connectivity index (χ1) is 8.17. The Hall–Kier alpha value is -1.36. The van der Waals surface area contributed by atoms with Crippen LogP contribution in [0.2, 0.25) is 0 Å². The fraction of sp³-hybridized carbons (Fsp3) is 0.667. The number of aryl methyl sites for hydroxylation is 1. The fourth-order valence-corrected chi connectivity index (χ4v) is 1.97. The van der Waals surface area contributed by atoms with Crippen molar-refractivity contribution in [3.8, 4) is 5.88 Å². The van der Waals surface area contributed by atoms with Gasteiger partial charge in [0.2, 0.25) is 5.88 Å². The average Bonchev–Trinajstić information content (AvgIpc) is 2.22. The number of hydrogen-bond acceptors (Lipinski definition) is 5. The van der Waals surface area contributed by atoms with Gasteiger partial charge in [-0.05, 0) is 32.6 Å². The van der Waals surface area contributed by atoms with Crippen molar-refractivity contribution in [1.29, 1.82) is 0 Å². The molecule has 0 saturated heterocycles. The molecular formula is C12H19N3O2. The molecule has 1 saturated carbocycles. The van der Waals surface area contributed by atoms with Gasteiger partial charge in [0.1, 0.15) is 11.6 Å². The van der Waals surface area contributed by atoms with Gasteiger partial charge in [-0.2, -0.15) is 4.98 Å². The summed E-state index contributed by atoms with van der Waals surface area (Å²) >= 11 is 0. The fourth-order valence-electron chi connectivity index (χ4n) is 1.97. The number of aromatic nitrogens is 2. The maximum atomic E-state index is 9.20. The van der Waals surface area contributed by atoms with Gasteiger partial charge >= 0.3 is 0 Å².